The Morgan fingerprint density at radius 2 is 1.42 bits per heavy atom. The second-order valence-electron chi connectivity index (χ2n) is 8.09. The average Bonchev–Trinajstić information content (AvgIpc) is 2.11. The van der Waals surface area contributed by atoms with Crippen LogP contribution in [0.1, 0.15) is 55.4 Å². The Hall–Kier alpha value is -0.130. The van der Waals surface area contributed by atoms with Crippen molar-refractivity contribution < 1.29 is 8.42 Å². The molecule has 0 aromatic heterocycles. The summed E-state index contributed by atoms with van der Waals surface area (Å²) in [6.45, 7) is 18.0. The summed E-state index contributed by atoms with van der Waals surface area (Å²) in [4.78, 5) is 2.36. The van der Waals surface area contributed by atoms with Gasteiger partial charge in [-0.15, -0.1) is 0 Å². The van der Waals surface area contributed by atoms with Crippen molar-refractivity contribution in [3.8, 4) is 0 Å². The third-order valence-electron chi connectivity index (χ3n) is 3.84. The summed E-state index contributed by atoms with van der Waals surface area (Å²) < 4.78 is 26.3. The van der Waals surface area contributed by atoms with Gasteiger partial charge in [0.2, 0.25) is 10.0 Å². The van der Waals surface area contributed by atoms with Gasteiger partial charge in [0.05, 0.1) is 4.75 Å². The number of piperazine rings is 1. The lowest BCUT2D eigenvalue weighted by atomic mass is 9.96. The molecule has 0 bridgehead atoms. The van der Waals surface area contributed by atoms with Crippen LogP contribution < -0.4 is 0 Å². The van der Waals surface area contributed by atoms with Crippen LogP contribution in [0, 0.1) is 0 Å². The van der Waals surface area contributed by atoms with Crippen LogP contribution in [0.4, 0.5) is 0 Å². The first-order chi connectivity index (χ1) is 8.19. The topological polar surface area (TPSA) is 40.6 Å². The maximum Gasteiger partial charge on any atom is 0.219 e. The Morgan fingerprint density at radius 1 is 0.947 bits per heavy atom. The fourth-order valence-corrected chi connectivity index (χ4v) is 4.18. The molecule has 1 rings (SSSR count). The minimum atomic E-state index is -3.27. The molecule has 1 saturated heterocycles. The number of rotatable bonds is 1. The summed E-state index contributed by atoms with van der Waals surface area (Å²) in [5, 5.41) is 0. The Labute approximate surface area is 119 Å². The van der Waals surface area contributed by atoms with Crippen LogP contribution in [0.15, 0.2) is 0 Å². The molecule has 5 heteroatoms. The number of sulfonamides is 1. The summed E-state index contributed by atoms with van der Waals surface area (Å²) in [7, 11) is -3.27. The third kappa shape index (κ3) is 3.31. The molecular weight excluding hydrogens is 260 g/mol. The Kier molecular flexibility index (Phi) is 4.19. The van der Waals surface area contributed by atoms with E-state index in [1.54, 1.807) is 25.1 Å². The number of nitrogens with zero attached hydrogens (tertiary/aromatic N) is 2. The molecule has 0 unspecified atom stereocenters. The molecule has 1 heterocycles. The number of hydrogen-bond acceptors (Lipinski definition) is 3. The van der Waals surface area contributed by atoms with Crippen LogP contribution in [0.2, 0.25) is 0 Å². The van der Waals surface area contributed by atoms with E-state index in [4.69, 9.17) is 0 Å². The Bertz CT molecular complexity index is 427. The van der Waals surface area contributed by atoms with Crippen molar-refractivity contribution in [1.82, 2.24) is 9.21 Å². The largest absolute Gasteiger partial charge is 0.295 e. The van der Waals surface area contributed by atoms with Crippen molar-refractivity contribution in [1.29, 1.82) is 0 Å². The lowest BCUT2D eigenvalue weighted by molar-refractivity contribution is 0.0224. The average molecular weight is 290 g/mol. The Balaban J connectivity index is 3.05. The molecule has 114 valence electrons. The van der Waals surface area contributed by atoms with Gasteiger partial charge in [-0.2, -0.15) is 4.31 Å². The van der Waals surface area contributed by atoms with Gasteiger partial charge < -0.3 is 0 Å². The fraction of sp³-hybridized carbons (Fsp3) is 1.00. The molecule has 0 N–H and O–H groups in total. The third-order valence-corrected chi connectivity index (χ3v) is 6.64. The predicted octanol–water partition coefficient (Wildman–Crippen LogP) is 2.31. The van der Waals surface area contributed by atoms with Gasteiger partial charge in [0.1, 0.15) is 0 Å². The van der Waals surface area contributed by atoms with E-state index in [2.05, 4.69) is 25.7 Å². The minimum absolute atomic E-state index is 0.0782. The van der Waals surface area contributed by atoms with E-state index >= 15 is 0 Å². The van der Waals surface area contributed by atoms with Gasteiger partial charge in [0.15, 0.2) is 0 Å². The van der Waals surface area contributed by atoms with E-state index in [-0.39, 0.29) is 11.1 Å². The van der Waals surface area contributed by atoms with E-state index < -0.39 is 14.8 Å². The van der Waals surface area contributed by atoms with Crippen molar-refractivity contribution >= 4 is 10.0 Å². The Morgan fingerprint density at radius 3 is 1.74 bits per heavy atom. The van der Waals surface area contributed by atoms with E-state index in [1.807, 2.05) is 13.8 Å². The van der Waals surface area contributed by atoms with Crippen LogP contribution in [0.3, 0.4) is 0 Å². The summed E-state index contributed by atoms with van der Waals surface area (Å²) in [5.41, 5.74) is -0.285. The van der Waals surface area contributed by atoms with Crippen molar-refractivity contribution in [3.63, 3.8) is 0 Å². The van der Waals surface area contributed by atoms with Gasteiger partial charge in [-0.3, -0.25) is 4.90 Å². The molecule has 1 aliphatic heterocycles. The highest BCUT2D eigenvalue weighted by Crippen LogP contribution is 2.32. The molecule has 0 saturated carbocycles. The summed E-state index contributed by atoms with van der Waals surface area (Å²) >= 11 is 0. The van der Waals surface area contributed by atoms with Crippen molar-refractivity contribution in [3.05, 3.63) is 0 Å². The molecule has 0 radical (unpaired) electrons. The zero-order valence-electron chi connectivity index (χ0n) is 13.7. The molecule has 0 aromatic rings. The molecule has 19 heavy (non-hydrogen) atoms. The van der Waals surface area contributed by atoms with Crippen LogP contribution in [0.25, 0.3) is 0 Å². The van der Waals surface area contributed by atoms with Crippen molar-refractivity contribution in [2.24, 2.45) is 0 Å². The van der Waals surface area contributed by atoms with Crippen molar-refractivity contribution in [2.45, 2.75) is 71.2 Å². The SMILES string of the molecule is CC(C)(C)N1CCN(S(=O)(=O)C(C)(C)C)C(C)(C)C1. The molecule has 1 aliphatic rings. The van der Waals surface area contributed by atoms with Gasteiger partial charge in [0, 0.05) is 30.7 Å². The minimum Gasteiger partial charge on any atom is -0.295 e. The van der Waals surface area contributed by atoms with Crippen LogP contribution >= 0.6 is 0 Å². The van der Waals surface area contributed by atoms with Gasteiger partial charge in [-0.1, -0.05) is 0 Å². The first kappa shape index (κ1) is 16.9. The summed E-state index contributed by atoms with van der Waals surface area (Å²) in [5.74, 6) is 0. The lowest BCUT2D eigenvalue weighted by Gasteiger charge is -2.51. The van der Waals surface area contributed by atoms with Gasteiger partial charge in [0.25, 0.3) is 0 Å². The van der Waals surface area contributed by atoms with Crippen LogP contribution in [-0.2, 0) is 10.0 Å². The lowest BCUT2D eigenvalue weighted by Crippen LogP contribution is -2.66. The smallest absolute Gasteiger partial charge is 0.219 e. The summed E-state index contributed by atoms with van der Waals surface area (Å²) in [6, 6.07) is 0. The van der Waals surface area contributed by atoms with E-state index in [9.17, 15) is 8.42 Å². The number of hydrogen-bond donors (Lipinski definition) is 0. The molecule has 0 atom stereocenters. The maximum atomic E-state index is 12.7. The predicted molar refractivity (Wildman–Crippen MR) is 80.8 cm³/mol. The molecule has 0 aliphatic carbocycles. The monoisotopic (exact) mass is 290 g/mol. The van der Waals surface area contributed by atoms with Crippen LogP contribution in [-0.4, -0.2) is 53.1 Å². The molecule has 0 aromatic carbocycles. The zero-order chi connectivity index (χ0) is 15.3. The molecular formula is C14H30N2O2S. The second kappa shape index (κ2) is 4.71. The van der Waals surface area contributed by atoms with Gasteiger partial charge in [-0.25, -0.2) is 8.42 Å². The zero-order valence-corrected chi connectivity index (χ0v) is 14.6. The molecule has 4 nitrogen and oxygen atoms in total. The maximum absolute atomic E-state index is 12.7. The van der Waals surface area contributed by atoms with Gasteiger partial charge >= 0.3 is 0 Å². The first-order valence-electron chi connectivity index (χ1n) is 6.97. The first-order valence-corrected chi connectivity index (χ1v) is 8.41. The highest BCUT2D eigenvalue weighted by atomic mass is 32.2. The fourth-order valence-electron chi connectivity index (χ4n) is 2.49. The van der Waals surface area contributed by atoms with E-state index in [0.29, 0.717) is 6.54 Å². The quantitative estimate of drug-likeness (QED) is 0.744. The summed E-state index contributed by atoms with van der Waals surface area (Å²) in [6.07, 6.45) is 0. The van der Waals surface area contributed by atoms with Crippen LogP contribution in [0.5, 0.6) is 0 Å². The molecule has 0 amide bonds. The highest BCUT2D eigenvalue weighted by Gasteiger charge is 2.47. The van der Waals surface area contributed by atoms with Gasteiger partial charge in [-0.05, 0) is 55.4 Å². The van der Waals surface area contributed by atoms with E-state index in [0.717, 1.165) is 13.1 Å². The normalized spacial score (nSPS) is 23.6. The highest BCUT2D eigenvalue weighted by molar-refractivity contribution is 7.90. The second-order valence-corrected chi connectivity index (χ2v) is 10.7. The van der Waals surface area contributed by atoms with Crippen molar-refractivity contribution in [2.75, 3.05) is 19.6 Å². The van der Waals surface area contributed by atoms with E-state index in [1.165, 1.54) is 0 Å². The molecule has 1 fully saturated rings. The molecule has 0 spiro atoms. The standard InChI is InChI=1S/C14H30N2O2S/c1-12(2,3)15-9-10-16(14(7,8)11-15)19(17,18)13(4,5)6/h9-11H2,1-8H3.